The highest BCUT2D eigenvalue weighted by atomic mass is 79.9. The zero-order valence-corrected chi connectivity index (χ0v) is 15.0. The number of para-hydroxylation sites is 1. The predicted molar refractivity (Wildman–Crippen MR) is 92.0 cm³/mol. The van der Waals surface area contributed by atoms with Gasteiger partial charge in [-0.05, 0) is 36.8 Å². The van der Waals surface area contributed by atoms with E-state index in [2.05, 4.69) is 15.9 Å². The summed E-state index contributed by atoms with van der Waals surface area (Å²) in [5.41, 5.74) is 1.45. The highest BCUT2D eigenvalue weighted by Gasteiger charge is 2.28. The lowest BCUT2D eigenvalue weighted by Gasteiger charge is -2.30. The average molecular weight is 400 g/mol. The van der Waals surface area contributed by atoms with Gasteiger partial charge in [0.25, 0.3) is 10.1 Å². The molecule has 0 N–H and O–H groups in total. The van der Waals surface area contributed by atoms with Crippen molar-refractivity contribution >= 4 is 49.2 Å². The van der Waals surface area contributed by atoms with Crippen LogP contribution in [0.3, 0.4) is 0 Å². The molecular formula is C15H14BrNO3S2. The molecule has 0 aliphatic carbocycles. The normalized spacial score (nSPS) is 13.6. The van der Waals surface area contributed by atoms with Crippen LogP contribution in [0.25, 0.3) is 0 Å². The van der Waals surface area contributed by atoms with Crippen molar-refractivity contribution < 1.29 is 12.7 Å². The number of anilines is 2. The summed E-state index contributed by atoms with van der Waals surface area (Å²) < 4.78 is 30.5. The Bertz CT molecular complexity index is 808. The van der Waals surface area contributed by atoms with E-state index in [1.165, 1.54) is 5.06 Å². The molecule has 0 fully saturated rings. The highest BCUT2D eigenvalue weighted by molar-refractivity contribution is 9.10. The number of fused-ring (bicyclic) bond motifs is 2. The molecule has 0 aromatic heterocycles. The van der Waals surface area contributed by atoms with E-state index in [4.69, 9.17) is 4.28 Å². The third-order valence-corrected chi connectivity index (χ3v) is 5.99. The van der Waals surface area contributed by atoms with Gasteiger partial charge in [0, 0.05) is 14.3 Å². The molecule has 0 spiro atoms. The standard InChI is InChI=1S/C15H14BrNO3S2/c1-2-9-22(18,19)20-17-12-5-3-4-6-14(12)21-15-8-7-11(16)10-13(15)17/h3-8,10H,2,9H2,1H3. The number of benzene rings is 2. The zero-order valence-electron chi connectivity index (χ0n) is 11.8. The van der Waals surface area contributed by atoms with Crippen molar-refractivity contribution in [2.45, 2.75) is 23.1 Å². The number of nitrogens with zero attached hydrogens (tertiary/aromatic N) is 1. The van der Waals surface area contributed by atoms with Gasteiger partial charge in [-0.3, -0.25) is 0 Å². The first-order valence-electron chi connectivity index (χ1n) is 6.79. The summed E-state index contributed by atoms with van der Waals surface area (Å²) in [4.78, 5) is 1.91. The van der Waals surface area contributed by atoms with Crippen LogP contribution in [0.2, 0.25) is 0 Å². The molecule has 0 amide bonds. The number of hydrogen-bond acceptors (Lipinski definition) is 5. The molecule has 116 valence electrons. The second kappa shape index (κ2) is 6.23. The van der Waals surface area contributed by atoms with Crippen LogP contribution in [0, 0.1) is 0 Å². The van der Waals surface area contributed by atoms with Gasteiger partial charge in [0.1, 0.15) is 0 Å². The van der Waals surface area contributed by atoms with E-state index in [0.29, 0.717) is 6.42 Å². The lowest BCUT2D eigenvalue weighted by molar-refractivity contribution is 0.319. The number of hydrogen-bond donors (Lipinski definition) is 0. The molecule has 4 nitrogen and oxygen atoms in total. The molecule has 3 rings (SSSR count). The van der Waals surface area contributed by atoms with Crippen LogP contribution in [0.1, 0.15) is 13.3 Å². The maximum absolute atomic E-state index is 12.1. The molecule has 0 radical (unpaired) electrons. The molecule has 1 aliphatic rings. The third kappa shape index (κ3) is 3.17. The molecular weight excluding hydrogens is 386 g/mol. The van der Waals surface area contributed by atoms with Crippen LogP contribution in [0.4, 0.5) is 11.4 Å². The topological polar surface area (TPSA) is 46.6 Å². The summed E-state index contributed by atoms with van der Waals surface area (Å²) in [6.07, 6.45) is 0.512. The Morgan fingerprint density at radius 1 is 1.14 bits per heavy atom. The lowest BCUT2D eigenvalue weighted by atomic mass is 10.2. The third-order valence-electron chi connectivity index (χ3n) is 3.09. The molecule has 2 aromatic rings. The summed E-state index contributed by atoms with van der Waals surface area (Å²) in [5.74, 6) is -0.0118. The van der Waals surface area contributed by atoms with E-state index < -0.39 is 10.1 Å². The monoisotopic (exact) mass is 399 g/mol. The SMILES string of the molecule is CCCS(=O)(=O)ON1c2ccccc2Sc2ccc(Br)cc21. The molecule has 0 saturated carbocycles. The van der Waals surface area contributed by atoms with Gasteiger partial charge in [-0.15, -0.1) is 4.28 Å². The Labute approximate surface area is 142 Å². The summed E-state index contributed by atoms with van der Waals surface area (Å²) in [6.45, 7) is 1.81. The quantitative estimate of drug-likeness (QED) is 0.743. The minimum atomic E-state index is -3.63. The van der Waals surface area contributed by atoms with Crippen LogP contribution in [0.15, 0.2) is 56.7 Å². The van der Waals surface area contributed by atoms with Crippen molar-refractivity contribution in [1.29, 1.82) is 0 Å². The Kier molecular flexibility index (Phi) is 4.49. The van der Waals surface area contributed by atoms with Crippen LogP contribution in [0.5, 0.6) is 0 Å². The molecule has 0 atom stereocenters. The molecule has 0 bridgehead atoms. The van der Waals surface area contributed by atoms with Gasteiger partial charge >= 0.3 is 0 Å². The van der Waals surface area contributed by atoms with Gasteiger partial charge in [0.2, 0.25) is 0 Å². The van der Waals surface area contributed by atoms with Crippen LogP contribution in [-0.4, -0.2) is 14.2 Å². The first kappa shape index (κ1) is 15.9. The van der Waals surface area contributed by atoms with E-state index in [9.17, 15) is 8.42 Å². The van der Waals surface area contributed by atoms with Crippen LogP contribution >= 0.6 is 27.7 Å². The Balaban J connectivity index is 2.10. The molecule has 1 heterocycles. The van der Waals surface area contributed by atoms with Crippen molar-refractivity contribution in [3.8, 4) is 0 Å². The smallest absolute Gasteiger partial charge is 0.202 e. The largest absolute Gasteiger partial charge is 0.288 e. The van der Waals surface area contributed by atoms with Gasteiger partial charge in [-0.25, -0.2) is 5.06 Å². The Morgan fingerprint density at radius 3 is 2.64 bits per heavy atom. The van der Waals surface area contributed by atoms with Gasteiger partial charge < -0.3 is 0 Å². The predicted octanol–water partition coefficient (Wildman–Crippen LogP) is 4.72. The first-order chi connectivity index (χ1) is 10.5. The average Bonchev–Trinajstić information content (AvgIpc) is 2.47. The van der Waals surface area contributed by atoms with Gasteiger partial charge in [0.15, 0.2) is 0 Å². The minimum Gasteiger partial charge on any atom is -0.202 e. The van der Waals surface area contributed by atoms with Crippen molar-refractivity contribution in [2.24, 2.45) is 0 Å². The zero-order chi connectivity index (χ0) is 15.7. The minimum absolute atomic E-state index is 0.0118. The van der Waals surface area contributed by atoms with Gasteiger partial charge in [0.05, 0.1) is 17.1 Å². The summed E-state index contributed by atoms with van der Waals surface area (Å²) in [5, 5.41) is 1.41. The van der Waals surface area contributed by atoms with E-state index in [-0.39, 0.29) is 5.75 Å². The fourth-order valence-electron chi connectivity index (χ4n) is 2.18. The second-order valence-electron chi connectivity index (χ2n) is 4.81. The molecule has 22 heavy (non-hydrogen) atoms. The summed E-state index contributed by atoms with van der Waals surface area (Å²) in [6, 6.07) is 13.3. The van der Waals surface area contributed by atoms with Crippen LogP contribution in [-0.2, 0) is 14.4 Å². The summed E-state index contributed by atoms with van der Waals surface area (Å²) >= 11 is 5.02. The molecule has 0 saturated heterocycles. The van der Waals surface area contributed by atoms with Crippen molar-refractivity contribution in [3.63, 3.8) is 0 Å². The van der Waals surface area contributed by atoms with E-state index in [1.54, 1.807) is 11.8 Å². The van der Waals surface area contributed by atoms with Gasteiger partial charge in [-0.1, -0.05) is 46.7 Å². The number of rotatable bonds is 4. The van der Waals surface area contributed by atoms with E-state index >= 15 is 0 Å². The van der Waals surface area contributed by atoms with E-state index in [0.717, 1.165) is 25.6 Å². The fourth-order valence-corrected chi connectivity index (χ4v) is 4.51. The maximum atomic E-state index is 12.1. The molecule has 0 unspecified atom stereocenters. The van der Waals surface area contributed by atoms with Crippen molar-refractivity contribution in [1.82, 2.24) is 0 Å². The maximum Gasteiger partial charge on any atom is 0.288 e. The van der Waals surface area contributed by atoms with Crippen molar-refractivity contribution in [2.75, 3.05) is 10.8 Å². The molecule has 2 aromatic carbocycles. The fraction of sp³-hybridized carbons (Fsp3) is 0.200. The Morgan fingerprint density at radius 2 is 1.86 bits per heavy atom. The second-order valence-corrected chi connectivity index (χ2v) is 8.48. The molecule has 7 heteroatoms. The molecule has 1 aliphatic heterocycles. The Hall–Kier alpha value is -1.02. The highest BCUT2D eigenvalue weighted by Crippen LogP contribution is 2.49. The van der Waals surface area contributed by atoms with Crippen LogP contribution < -0.4 is 5.06 Å². The first-order valence-corrected chi connectivity index (χ1v) is 9.98. The van der Waals surface area contributed by atoms with Gasteiger partial charge in [-0.2, -0.15) is 8.42 Å². The van der Waals surface area contributed by atoms with E-state index in [1.807, 2.05) is 49.4 Å². The lowest BCUT2D eigenvalue weighted by Crippen LogP contribution is -2.26. The summed E-state index contributed by atoms with van der Waals surface area (Å²) in [7, 11) is -3.63. The van der Waals surface area contributed by atoms with Crippen molar-refractivity contribution in [3.05, 3.63) is 46.9 Å². The number of halogens is 1.